The molecule has 3 atom stereocenters. The third kappa shape index (κ3) is 6.29. The van der Waals surface area contributed by atoms with E-state index in [0.29, 0.717) is 12.8 Å². The highest BCUT2D eigenvalue weighted by molar-refractivity contribution is 7.17. The molecule has 0 amide bonds. The van der Waals surface area contributed by atoms with Crippen molar-refractivity contribution in [2.45, 2.75) is 24.6 Å². The van der Waals surface area contributed by atoms with Crippen molar-refractivity contribution in [1.82, 2.24) is 0 Å². The Labute approximate surface area is 69.0 Å². The van der Waals surface area contributed by atoms with Gasteiger partial charge < -0.3 is 15.3 Å². The Bertz CT molecular complexity index is 127. The van der Waals surface area contributed by atoms with Crippen molar-refractivity contribution in [1.29, 1.82) is 0 Å². The molecule has 0 aliphatic heterocycles. The number of rotatable bonds is 5. The molecule has 0 aliphatic rings. The summed E-state index contributed by atoms with van der Waals surface area (Å²) in [5.74, 6) is 0.107. The molecule has 0 saturated carbocycles. The van der Waals surface area contributed by atoms with Gasteiger partial charge in [-0.3, -0.25) is 0 Å². The maximum atomic E-state index is 8.97. The Morgan fingerprint density at radius 2 is 2.09 bits per heavy atom. The Hall–Kier alpha value is -0.110. The zero-order valence-electron chi connectivity index (χ0n) is 6.40. The highest BCUT2D eigenvalue weighted by Crippen LogP contribution is 2.15. The van der Waals surface area contributed by atoms with E-state index in [0.717, 1.165) is 0 Å². The van der Waals surface area contributed by atoms with Crippen LogP contribution in [0.2, 0.25) is 0 Å². The van der Waals surface area contributed by atoms with Crippen LogP contribution in [0.3, 0.4) is 0 Å². The minimum atomic E-state index is -0.697. The van der Waals surface area contributed by atoms with Gasteiger partial charge in [-0.1, -0.05) is 6.58 Å². The van der Waals surface area contributed by atoms with Crippen molar-refractivity contribution in [2.75, 3.05) is 6.61 Å². The summed E-state index contributed by atoms with van der Waals surface area (Å²) < 4.78 is 0. The first-order valence-corrected chi connectivity index (χ1v) is 4.14. The van der Waals surface area contributed by atoms with Crippen LogP contribution >= 0.6 is 9.24 Å². The summed E-state index contributed by atoms with van der Waals surface area (Å²) in [7, 11) is 2.48. The molecule has 3 unspecified atom stereocenters. The Morgan fingerprint density at radius 1 is 1.55 bits per heavy atom. The van der Waals surface area contributed by atoms with E-state index in [9.17, 15) is 0 Å². The van der Waals surface area contributed by atoms with Crippen LogP contribution in [0, 0.1) is 0 Å². The molecule has 0 heterocycles. The minimum Gasteiger partial charge on any atom is -0.513 e. The van der Waals surface area contributed by atoms with Gasteiger partial charge >= 0.3 is 0 Å². The largest absolute Gasteiger partial charge is 0.513 e. The number of hydrogen-bond donors (Lipinski definition) is 3. The molecule has 0 rings (SSSR count). The molecule has 4 heteroatoms. The Kier molecular flexibility index (Phi) is 5.47. The van der Waals surface area contributed by atoms with Crippen molar-refractivity contribution in [3.8, 4) is 0 Å². The van der Waals surface area contributed by atoms with Gasteiger partial charge in [0.05, 0.1) is 18.5 Å². The monoisotopic (exact) mass is 178 g/mol. The normalized spacial score (nSPS) is 15.9. The minimum absolute atomic E-state index is 0.0784. The molecule has 66 valence electrons. The van der Waals surface area contributed by atoms with Crippen LogP contribution in [0.25, 0.3) is 0 Å². The van der Waals surface area contributed by atoms with Gasteiger partial charge in [0, 0.05) is 6.42 Å². The number of hydrogen-bond acceptors (Lipinski definition) is 3. The maximum absolute atomic E-state index is 8.97. The molecule has 0 spiro atoms. The van der Waals surface area contributed by atoms with Crippen molar-refractivity contribution < 1.29 is 15.3 Å². The first-order chi connectivity index (χ1) is 5.06. The maximum Gasteiger partial charge on any atom is 0.0857 e. The molecule has 0 aromatic rings. The summed E-state index contributed by atoms with van der Waals surface area (Å²) in [5, 5.41) is 26.2. The fourth-order valence-corrected chi connectivity index (χ4v) is 1.40. The molecule has 0 saturated heterocycles. The van der Waals surface area contributed by atoms with E-state index < -0.39 is 6.10 Å². The van der Waals surface area contributed by atoms with Gasteiger partial charge in [0.15, 0.2) is 0 Å². The smallest absolute Gasteiger partial charge is 0.0857 e. The van der Waals surface area contributed by atoms with Gasteiger partial charge in [0.1, 0.15) is 0 Å². The lowest BCUT2D eigenvalue weighted by Crippen LogP contribution is -2.17. The van der Waals surface area contributed by atoms with E-state index in [1.165, 1.54) is 0 Å². The van der Waals surface area contributed by atoms with Gasteiger partial charge in [-0.15, -0.1) is 9.24 Å². The fourth-order valence-electron chi connectivity index (χ4n) is 0.810. The summed E-state index contributed by atoms with van der Waals surface area (Å²) in [5.41, 5.74) is 0.0784. The van der Waals surface area contributed by atoms with Crippen molar-refractivity contribution in [3.05, 3.63) is 12.3 Å². The summed E-state index contributed by atoms with van der Waals surface area (Å²) in [6.07, 6.45) is 0.208. The molecule has 3 N–H and O–H groups in total. The lowest BCUT2D eigenvalue weighted by molar-refractivity contribution is 0.0873. The van der Waals surface area contributed by atoms with E-state index in [-0.39, 0.29) is 18.0 Å². The SMILES string of the molecule is C=C(O)CC(P)CC(O)CO. The van der Waals surface area contributed by atoms with E-state index >= 15 is 0 Å². The van der Waals surface area contributed by atoms with E-state index in [1.54, 1.807) is 0 Å². The molecule has 11 heavy (non-hydrogen) atoms. The van der Waals surface area contributed by atoms with Crippen LogP contribution < -0.4 is 0 Å². The second-order valence-electron chi connectivity index (χ2n) is 2.60. The van der Waals surface area contributed by atoms with Crippen LogP contribution in [0.1, 0.15) is 12.8 Å². The van der Waals surface area contributed by atoms with Crippen molar-refractivity contribution in [2.24, 2.45) is 0 Å². The Balaban J connectivity index is 3.51. The third-order valence-electron chi connectivity index (χ3n) is 1.28. The lowest BCUT2D eigenvalue weighted by Gasteiger charge is -2.13. The molecule has 0 bridgehead atoms. The molecule has 0 fully saturated rings. The van der Waals surface area contributed by atoms with Gasteiger partial charge in [-0.05, 0) is 12.1 Å². The topological polar surface area (TPSA) is 60.7 Å². The Morgan fingerprint density at radius 3 is 2.45 bits per heavy atom. The molecular weight excluding hydrogens is 163 g/mol. The molecule has 0 aliphatic carbocycles. The quantitative estimate of drug-likeness (QED) is 0.422. The van der Waals surface area contributed by atoms with Crippen molar-refractivity contribution >= 4 is 9.24 Å². The highest BCUT2D eigenvalue weighted by Gasteiger charge is 2.09. The lowest BCUT2D eigenvalue weighted by atomic mass is 10.1. The van der Waals surface area contributed by atoms with Crippen LogP contribution in [-0.4, -0.2) is 33.7 Å². The predicted molar refractivity (Wildman–Crippen MR) is 47.6 cm³/mol. The van der Waals surface area contributed by atoms with Gasteiger partial charge in [-0.25, -0.2) is 0 Å². The van der Waals surface area contributed by atoms with E-state index in [2.05, 4.69) is 15.8 Å². The van der Waals surface area contributed by atoms with Crippen molar-refractivity contribution in [3.63, 3.8) is 0 Å². The number of aliphatic hydroxyl groups is 3. The predicted octanol–water partition coefficient (Wildman–Crippen LogP) is 0.435. The molecule has 3 nitrogen and oxygen atoms in total. The standard InChI is InChI=1S/C7H15O3P/c1-5(9)2-7(11)3-6(10)4-8/h6-10H,1-4,11H2. The number of aliphatic hydroxyl groups excluding tert-OH is 3. The van der Waals surface area contributed by atoms with Gasteiger partial charge in [0.2, 0.25) is 0 Å². The third-order valence-corrected chi connectivity index (χ3v) is 1.79. The molecule has 0 aromatic heterocycles. The van der Waals surface area contributed by atoms with Crippen LogP contribution in [0.15, 0.2) is 12.3 Å². The molecule has 0 radical (unpaired) electrons. The zero-order valence-corrected chi connectivity index (χ0v) is 7.56. The average Bonchev–Trinajstić information content (AvgIpc) is 1.85. The second kappa shape index (κ2) is 5.53. The van der Waals surface area contributed by atoms with Gasteiger partial charge in [-0.2, -0.15) is 0 Å². The zero-order chi connectivity index (χ0) is 8.85. The first-order valence-electron chi connectivity index (χ1n) is 3.47. The average molecular weight is 178 g/mol. The van der Waals surface area contributed by atoms with E-state index in [4.69, 9.17) is 15.3 Å². The molecule has 0 aromatic carbocycles. The number of allylic oxidation sites excluding steroid dienone is 1. The molecular formula is C7H15O3P. The summed E-state index contributed by atoms with van der Waals surface area (Å²) in [6, 6.07) is 0. The first kappa shape index (κ1) is 10.9. The highest BCUT2D eigenvalue weighted by atomic mass is 31.0. The summed E-state index contributed by atoms with van der Waals surface area (Å²) in [6.45, 7) is 3.09. The van der Waals surface area contributed by atoms with E-state index in [1.807, 2.05) is 0 Å². The summed E-state index contributed by atoms with van der Waals surface area (Å²) in [4.78, 5) is 0. The fraction of sp³-hybridized carbons (Fsp3) is 0.714. The van der Waals surface area contributed by atoms with Crippen LogP contribution in [0.5, 0.6) is 0 Å². The summed E-state index contributed by atoms with van der Waals surface area (Å²) >= 11 is 0. The van der Waals surface area contributed by atoms with Crippen LogP contribution in [0.4, 0.5) is 0 Å². The van der Waals surface area contributed by atoms with Gasteiger partial charge in [0.25, 0.3) is 0 Å². The second-order valence-corrected chi connectivity index (χ2v) is 3.55. The van der Waals surface area contributed by atoms with Crippen LogP contribution in [-0.2, 0) is 0 Å².